The number of nitrogens with zero attached hydrogens (tertiary/aromatic N) is 2. The summed E-state index contributed by atoms with van der Waals surface area (Å²) in [6.45, 7) is 5.17. The van der Waals surface area contributed by atoms with Gasteiger partial charge in [0.1, 0.15) is 0 Å². The number of rotatable bonds is 6. The minimum atomic E-state index is 0.115. The van der Waals surface area contributed by atoms with E-state index in [2.05, 4.69) is 17.1 Å². The Morgan fingerprint density at radius 2 is 2.18 bits per heavy atom. The van der Waals surface area contributed by atoms with E-state index in [-0.39, 0.29) is 5.91 Å². The minimum absolute atomic E-state index is 0.115. The van der Waals surface area contributed by atoms with Crippen LogP contribution in [0.1, 0.15) is 43.9 Å². The first-order valence-electron chi connectivity index (χ1n) is 10.4. The van der Waals surface area contributed by atoms with Gasteiger partial charge in [0.15, 0.2) is 0 Å². The molecule has 1 aliphatic carbocycles. The summed E-state index contributed by atoms with van der Waals surface area (Å²) in [4.78, 5) is 21.1. The van der Waals surface area contributed by atoms with Crippen molar-refractivity contribution in [3.05, 3.63) is 34.5 Å². The third-order valence-electron chi connectivity index (χ3n) is 5.96. The number of nitrogens with one attached hydrogen (secondary N) is 1. The molecule has 2 heterocycles. The largest absolute Gasteiger partial charge is 0.354 e. The molecule has 2 aliphatic rings. The second kappa shape index (κ2) is 9.02. The van der Waals surface area contributed by atoms with Crippen LogP contribution in [-0.2, 0) is 17.6 Å². The number of thioether (sulfide) groups is 1. The van der Waals surface area contributed by atoms with Crippen LogP contribution >= 0.6 is 23.4 Å². The zero-order valence-electron chi connectivity index (χ0n) is 16.5. The Labute approximate surface area is 176 Å². The van der Waals surface area contributed by atoms with E-state index in [1.807, 2.05) is 18.2 Å². The molecular weight excluding hydrogens is 390 g/mol. The second-order valence-electron chi connectivity index (χ2n) is 7.75. The van der Waals surface area contributed by atoms with Crippen LogP contribution in [0.5, 0.6) is 0 Å². The first kappa shape index (κ1) is 20.0. The number of benzene rings is 1. The molecular formula is C22H28ClN3OS. The number of amides is 1. The number of likely N-dealkylation sites (tertiary alicyclic amines) is 1. The first-order valence-corrected chi connectivity index (χ1v) is 11.8. The van der Waals surface area contributed by atoms with Gasteiger partial charge in [-0.1, -0.05) is 18.5 Å². The monoisotopic (exact) mass is 417 g/mol. The van der Waals surface area contributed by atoms with Gasteiger partial charge in [-0.05, 0) is 75.4 Å². The van der Waals surface area contributed by atoms with Crippen molar-refractivity contribution in [2.24, 2.45) is 0 Å². The Balaban J connectivity index is 1.48. The van der Waals surface area contributed by atoms with Crippen molar-refractivity contribution in [1.29, 1.82) is 0 Å². The lowest BCUT2D eigenvalue weighted by atomic mass is 9.94. The Kier molecular flexibility index (Phi) is 6.44. The fourth-order valence-corrected chi connectivity index (χ4v) is 5.74. The molecule has 2 aromatic rings. The van der Waals surface area contributed by atoms with Gasteiger partial charge in [-0.25, -0.2) is 0 Å². The van der Waals surface area contributed by atoms with Crippen molar-refractivity contribution < 1.29 is 4.79 Å². The number of hydrogen-bond acceptors (Lipinski definition) is 4. The molecule has 150 valence electrons. The lowest BCUT2D eigenvalue weighted by Crippen LogP contribution is -2.40. The zero-order valence-corrected chi connectivity index (χ0v) is 18.0. The topological polar surface area (TPSA) is 45.2 Å². The lowest BCUT2D eigenvalue weighted by Gasteiger charge is -2.23. The van der Waals surface area contributed by atoms with Crippen LogP contribution < -0.4 is 5.32 Å². The van der Waals surface area contributed by atoms with E-state index in [0.29, 0.717) is 11.8 Å². The van der Waals surface area contributed by atoms with Gasteiger partial charge in [-0.3, -0.25) is 14.7 Å². The highest BCUT2D eigenvalue weighted by Gasteiger charge is 2.24. The fourth-order valence-electron chi connectivity index (χ4n) is 4.48. The number of carbonyl (C=O) groups is 1. The number of fused-ring (bicyclic) bond motifs is 2. The third kappa shape index (κ3) is 4.32. The summed E-state index contributed by atoms with van der Waals surface area (Å²) < 4.78 is 0. The third-order valence-corrected chi connectivity index (χ3v) is 7.36. The minimum Gasteiger partial charge on any atom is -0.354 e. The predicted octanol–water partition coefficient (Wildman–Crippen LogP) is 4.46. The molecule has 1 amide bonds. The van der Waals surface area contributed by atoms with E-state index in [9.17, 15) is 4.79 Å². The number of aromatic nitrogens is 1. The van der Waals surface area contributed by atoms with Crippen molar-refractivity contribution >= 4 is 40.2 Å². The van der Waals surface area contributed by atoms with Crippen LogP contribution in [0.4, 0.5) is 0 Å². The summed E-state index contributed by atoms with van der Waals surface area (Å²) in [7, 11) is 0. The van der Waals surface area contributed by atoms with Crippen LogP contribution in [0.2, 0.25) is 5.02 Å². The molecule has 6 heteroatoms. The van der Waals surface area contributed by atoms with Crippen LogP contribution in [0.25, 0.3) is 10.9 Å². The number of hydrogen-bond donors (Lipinski definition) is 1. The molecule has 1 aromatic heterocycles. The molecule has 1 aliphatic heterocycles. The molecule has 0 bridgehead atoms. The molecule has 1 fully saturated rings. The van der Waals surface area contributed by atoms with E-state index in [0.717, 1.165) is 48.4 Å². The van der Waals surface area contributed by atoms with Gasteiger partial charge in [0.05, 0.1) is 11.3 Å². The molecule has 4 rings (SSSR count). The molecule has 1 N–H and O–H groups in total. The van der Waals surface area contributed by atoms with Crippen molar-refractivity contribution in [3.63, 3.8) is 0 Å². The zero-order chi connectivity index (χ0) is 19.5. The Morgan fingerprint density at radius 3 is 3.04 bits per heavy atom. The Morgan fingerprint density at radius 1 is 1.32 bits per heavy atom. The van der Waals surface area contributed by atoms with Gasteiger partial charge in [-0.15, -0.1) is 11.8 Å². The molecule has 0 unspecified atom stereocenters. The maximum Gasteiger partial charge on any atom is 0.230 e. The predicted molar refractivity (Wildman–Crippen MR) is 117 cm³/mol. The highest BCUT2D eigenvalue weighted by atomic mass is 35.5. The number of likely N-dealkylation sites (N-methyl/N-ethyl adjacent to an activating group) is 1. The summed E-state index contributed by atoms with van der Waals surface area (Å²) in [5, 5.41) is 4.96. The van der Waals surface area contributed by atoms with Crippen molar-refractivity contribution in [3.8, 4) is 0 Å². The highest BCUT2D eigenvalue weighted by molar-refractivity contribution is 8.00. The molecule has 0 radical (unpaired) electrons. The summed E-state index contributed by atoms with van der Waals surface area (Å²) in [5.41, 5.74) is 3.51. The number of pyridine rings is 1. The summed E-state index contributed by atoms with van der Waals surface area (Å²) in [5.74, 6) is 0.557. The smallest absolute Gasteiger partial charge is 0.230 e. The van der Waals surface area contributed by atoms with E-state index < -0.39 is 0 Å². The highest BCUT2D eigenvalue weighted by Crippen LogP contribution is 2.37. The van der Waals surface area contributed by atoms with E-state index in [4.69, 9.17) is 16.6 Å². The number of aryl methyl sites for hydroxylation is 1. The fraction of sp³-hybridized carbons (Fsp3) is 0.545. The molecule has 1 aromatic carbocycles. The van der Waals surface area contributed by atoms with Gasteiger partial charge in [-0.2, -0.15) is 0 Å². The number of halogens is 1. The SMILES string of the molecule is CCN1CCC[C@H]1CNC(=O)CSc1c2c(nc3ccc(Cl)cc13)CCCC2. The molecule has 4 nitrogen and oxygen atoms in total. The van der Waals surface area contributed by atoms with Crippen molar-refractivity contribution in [1.82, 2.24) is 15.2 Å². The summed E-state index contributed by atoms with van der Waals surface area (Å²) in [6, 6.07) is 6.38. The molecule has 0 spiro atoms. The van der Waals surface area contributed by atoms with Gasteiger partial charge in [0, 0.05) is 33.6 Å². The van der Waals surface area contributed by atoms with Crippen LogP contribution in [0.15, 0.2) is 23.1 Å². The second-order valence-corrected chi connectivity index (χ2v) is 9.17. The Hall–Kier alpha value is -1.30. The van der Waals surface area contributed by atoms with Crippen LogP contribution in [0.3, 0.4) is 0 Å². The molecule has 1 saturated heterocycles. The van der Waals surface area contributed by atoms with E-state index in [1.54, 1.807) is 11.8 Å². The maximum atomic E-state index is 12.5. The van der Waals surface area contributed by atoms with Gasteiger partial charge in [0.2, 0.25) is 5.91 Å². The average molecular weight is 418 g/mol. The van der Waals surface area contributed by atoms with Crippen LogP contribution in [0, 0.1) is 0 Å². The standard InChI is InChI=1S/C22H28ClN3OS/c1-2-26-11-5-6-16(26)13-24-21(27)14-28-22-17-7-3-4-8-19(17)25-20-10-9-15(23)12-18(20)22/h9-10,12,16H,2-8,11,13-14H2,1H3,(H,24,27)/t16-/m0/s1. The van der Waals surface area contributed by atoms with Gasteiger partial charge in [0.25, 0.3) is 0 Å². The average Bonchev–Trinajstić information content (AvgIpc) is 3.17. The van der Waals surface area contributed by atoms with E-state index >= 15 is 0 Å². The maximum absolute atomic E-state index is 12.5. The van der Waals surface area contributed by atoms with Crippen LogP contribution in [-0.4, -0.2) is 47.2 Å². The normalized spacial score (nSPS) is 19.7. The van der Waals surface area contributed by atoms with E-state index in [1.165, 1.54) is 41.8 Å². The lowest BCUT2D eigenvalue weighted by molar-refractivity contribution is -0.118. The van der Waals surface area contributed by atoms with Crippen molar-refractivity contribution in [2.75, 3.05) is 25.4 Å². The van der Waals surface area contributed by atoms with Gasteiger partial charge >= 0.3 is 0 Å². The molecule has 1 atom stereocenters. The summed E-state index contributed by atoms with van der Waals surface area (Å²) in [6.07, 6.45) is 6.87. The first-order chi connectivity index (χ1) is 13.7. The quantitative estimate of drug-likeness (QED) is 0.705. The number of carbonyl (C=O) groups excluding carboxylic acids is 1. The molecule has 0 saturated carbocycles. The molecule has 28 heavy (non-hydrogen) atoms. The van der Waals surface area contributed by atoms with Gasteiger partial charge < -0.3 is 5.32 Å². The van der Waals surface area contributed by atoms with Crippen molar-refractivity contribution in [2.45, 2.75) is 56.4 Å². The Bertz CT molecular complexity index is 872. The summed E-state index contributed by atoms with van der Waals surface area (Å²) >= 11 is 7.91.